The zero-order valence-corrected chi connectivity index (χ0v) is 20.4. The van der Waals surface area contributed by atoms with E-state index >= 15 is 0 Å². The van der Waals surface area contributed by atoms with Gasteiger partial charge in [0.15, 0.2) is 17.3 Å². The number of benzene rings is 2. The van der Waals surface area contributed by atoms with Crippen LogP contribution >= 0.6 is 11.6 Å². The summed E-state index contributed by atoms with van der Waals surface area (Å²) in [6.45, 7) is 2.28. The molecule has 0 spiro atoms. The maximum Gasteiger partial charge on any atom is 0.240 e. The Morgan fingerprint density at radius 3 is 2.77 bits per heavy atom. The van der Waals surface area contributed by atoms with E-state index in [1.165, 1.54) is 12.4 Å². The molecule has 10 heteroatoms. The molecule has 2 aliphatic heterocycles. The lowest BCUT2D eigenvalue weighted by Crippen LogP contribution is -2.42. The Morgan fingerprint density at radius 2 is 2.00 bits per heavy atom. The number of amides is 1. The van der Waals surface area contributed by atoms with Crippen LogP contribution < -0.4 is 14.8 Å². The molecule has 1 amide bonds. The Kier molecular flexibility index (Phi) is 6.62. The van der Waals surface area contributed by atoms with Gasteiger partial charge >= 0.3 is 0 Å². The third-order valence-corrected chi connectivity index (χ3v) is 6.92. The van der Waals surface area contributed by atoms with Gasteiger partial charge in [0.25, 0.3) is 0 Å². The average Bonchev–Trinajstić information content (AvgIpc) is 3.51. The smallest absolute Gasteiger partial charge is 0.240 e. The lowest BCUT2D eigenvalue weighted by atomic mass is 10.1. The van der Waals surface area contributed by atoms with Gasteiger partial charge in [0.05, 0.1) is 29.4 Å². The van der Waals surface area contributed by atoms with Crippen molar-refractivity contribution < 1.29 is 18.7 Å². The number of rotatable bonds is 6. The van der Waals surface area contributed by atoms with Crippen molar-refractivity contribution in [1.82, 2.24) is 19.8 Å². The zero-order chi connectivity index (χ0) is 24.5. The Bertz CT molecular complexity index is 1250. The Labute approximate surface area is 208 Å². The van der Waals surface area contributed by atoms with Crippen molar-refractivity contribution in [3.05, 3.63) is 47.5 Å². The van der Waals surface area contributed by atoms with Gasteiger partial charge in [-0.15, -0.1) is 0 Å². The molecule has 2 saturated heterocycles. The second kappa shape index (κ2) is 9.83. The van der Waals surface area contributed by atoms with Crippen molar-refractivity contribution in [1.29, 1.82) is 0 Å². The summed E-state index contributed by atoms with van der Waals surface area (Å²) >= 11 is 5.93. The number of carbonyl (C=O) groups is 1. The number of hydrogen-bond acceptors (Lipinski definition) is 7. The van der Waals surface area contributed by atoms with Crippen LogP contribution in [0.1, 0.15) is 19.3 Å². The zero-order valence-electron chi connectivity index (χ0n) is 19.6. The number of likely N-dealkylation sites (tertiary alicyclic amines) is 2. The van der Waals surface area contributed by atoms with Crippen LogP contribution in [-0.4, -0.2) is 71.6 Å². The van der Waals surface area contributed by atoms with E-state index < -0.39 is 5.82 Å². The fourth-order valence-corrected chi connectivity index (χ4v) is 4.97. The fraction of sp³-hybridized carbons (Fsp3) is 0.400. The van der Waals surface area contributed by atoms with Gasteiger partial charge in [-0.1, -0.05) is 17.7 Å². The summed E-state index contributed by atoms with van der Waals surface area (Å²) in [5.74, 6) is 1.05. The number of nitrogens with one attached hydrogen (secondary N) is 1. The molecule has 35 heavy (non-hydrogen) atoms. The number of nitrogens with zero attached hydrogens (tertiary/aromatic N) is 4. The first-order valence-corrected chi connectivity index (χ1v) is 12.0. The molecule has 5 rings (SSSR count). The molecular weight excluding hydrogens is 473 g/mol. The van der Waals surface area contributed by atoms with Gasteiger partial charge in [0.1, 0.15) is 18.2 Å². The highest BCUT2D eigenvalue weighted by atomic mass is 35.5. The fourth-order valence-electron chi connectivity index (χ4n) is 4.80. The minimum atomic E-state index is -0.561. The minimum Gasteiger partial charge on any atom is -0.493 e. The third kappa shape index (κ3) is 4.70. The van der Waals surface area contributed by atoms with Crippen molar-refractivity contribution in [2.75, 3.05) is 39.1 Å². The van der Waals surface area contributed by atoms with E-state index in [1.807, 2.05) is 11.9 Å². The molecule has 2 aliphatic rings. The molecular formula is C25H27ClFN5O3. The number of ether oxygens (including phenoxy) is 2. The van der Waals surface area contributed by atoms with Gasteiger partial charge in [-0.05, 0) is 38.1 Å². The quantitative estimate of drug-likeness (QED) is 0.543. The SMILES string of the molecule is COc1cc2ncnc(Nc3cccc(Cl)c3F)c2cc1OC1C[C@@H](C(=O)N2CCCC2)N(C)C1. The second-order valence-electron chi connectivity index (χ2n) is 8.93. The van der Waals surface area contributed by atoms with Gasteiger partial charge in [0.2, 0.25) is 5.91 Å². The lowest BCUT2D eigenvalue weighted by molar-refractivity contribution is -0.134. The largest absolute Gasteiger partial charge is 0.493 e. The minimum absolute atomic E-state index is 0.0161. The average molecular weight is 500 g/mol. The van der Waals surface area contributed by atoms with Crippen molar-refractivity contribution in [3.63, 3.8) is 0 Å². The Morgan fingerprint density at radius 1 is 1.20 bits per heavy atom. The van der Waals surface area contributed by atoms with Crippen molar-refractivity contribution >= 4 is 39.9 Å². The Balaban J connectivity index is 1.41. The monoisotopic (exact) mass is 499 g/mol. The molecule has 2 aromatic carbocycles. The van der Waals surface area contributed by atoms with Gasteiger partial charge < -0.3 is 19.7 Å². The van der Waals surface area contributed by atoms with Gasteiger partial charge in [0, 0.05) is 37.5 Å². The molecule has 0 radical (unpaired) electrons. The highest BCUT2D eigenvalue weighted by molar-refractivity contribution is 6.31. The van der Waals surface area contributed by atoms with E-state index in [0.29, 0.717) is 41.2 Å². The maximum atomic E-state index is 14.5. The first-order chi connectivity index (χ1) is 16.9. The molecule has 3 aromatic rings. The number of halogens is 2. The number of fused-ring (bicyclic) bond motifs is 1. The highest BCUT2D eigenvalue weighted by Crippen LogP contribution is 2.37. The normalized spacial score (nSPS) is 20.4. The van der Waals surface area contributed by atoms with Crippen LogP contribution in [0.5, 0.6) is 11.5 Å². The van der Waals surface area contributed by atoms with Gasteiger partial charge in [-0.3, -0.25) is 9.69 Å². The molecule has 2 atom stereocenters. The van der Waals surface area contributed by atoms with Crippen LogP contribution in [0.15, 0.2) is 36.7 Å². The predicted molar refractivity (Wildman–Crippen MR) is 132 cm³/mol. The van der Waals surface area contributed by atoms with Gasteiger partial charge in [-0.2, -0.15) is 0 Å². The second-order valence-corrected chi connectivity index (χ2v) is 9.34. The third-order valence-electron chi connectivity index (χ3n) is 6.63. The summed E-state index contributed by atoms with van der Waals surface area (Å²) in [4.78, 5) is 25.6. The summed E-state index contributed by atoms with van der Waals surface area (Å²) in [6, 6.07) is 8.08. The molecule has 8 nitrogen and oxygen atoms in total. The van der Waals surface area contributed by atoms with Crippen LogP contribution in [0.3, 0.4) is 0 Å². The summed E-state index contributed by atoms with van der Waals surface area (Å²) in [6.07, 6.45) is 3.93. The van der Waals surface area contributed by atoms with Crippen molar-refractivity contribution in [3.8, 4) is 11.5 Å². The molecule has 0 bridgehead atoms. The highest BCUT2D eigenvalue weighted by Gasteiger charge is 2.38. The maximum absolute atomic E-state index is 14.5. The summed E-state index contributed by atoms with van der Waals surface area (Å²) < 4.78 is 26.4. The first kappa shape index (κ1) is 23.6. The molecule has 2 fully saturated rings. The lowest BCUT2D eigenvalue weighted by Gasteiger charge is -2.24. The number of anilines is 2. The summed E-state index contributed by atoms with van der Waals surface area (Å²) in [5.41, 5.74) is 0.816. The Hall–Kier alpha value is -3.17. The van der Waals surface area contributed by atoms with Crippen molar-refractivity contribution in [2.45, 2.75) is 31.4 Å². The molecule has 1 N–H and O–H groups in total. The van der Waals surface area contributed by atoms with Crippen LogP contribution in [-0.2, 0) is 4.79 Å². The number of aromatic nitrogens is 2. The van der Waals surface area contributed by atoms with Crippen LogP contribution in [0, 0.1) is 5.82 Å². The molecule has 1 unspecified atom stereocenters. The molecule has 3 heterocycles. The predicted octanol–water partition coefficient (Wildman–Crippen LogP) is 4.25. The standard InChI is InChI=1S/C25H27ClFN5O3/c1-31-13-15(10-20(31)25(33)32-8-3-4-9-32)35-22-11-16-19(12-21(22)34-2)28-14-29-24(16)30-18-7-5-6-17(26)23(18)27/h5-7,11-12,14-15,20H,3-4,8-10,13H2,1-2H3,(H,28,29,30)/t15?,20-/m0/s1. The molecule has 1 aromatic heterocycles. The van der Waals surface area contributed by atoms with E-state index in [0.717, 1.165) is 25.9 Å². The number of carbonyl (C=O) groups excluding carboxylic acids is 1. The number of methoxy groups -OCH3 is 1. The van der Waals surface area contributed by atoms with E-state index in [1.54, 1.807) is 31.4 Å². The molecule has 0 aliphatic carbocycles. The van der Waals surface area contributed by atoms with Crippen LogP contribution in [0.25, 0.3) is 10.9 Å². The van der Waals surface area contributed by atoms with E-state index in [9.17, 15) is 9.18 Å². The van der Waals surface area contributed by atoms with Crippen LogP contribution in [0.4, 0.5) is 15.9 Å². The molecule has 0 saturated carbocycles. The number of likely N-dealkylation sites (N-methyl/N-ethyl adjacent to an activating group) is 1. The number of hydrogen-bond donors (Lipinski definition) is 1. The van der Waals surface area contributed by atoms with Crippen molar-refractivity contribution in [2.24, 2.45) is 0 Å². The van der Waals surface area contributed by atoms with Crippen LogP contribution in [0.2, 0.25) is 5.02 Å². The van der Waals surface area contributed by atoms with E-state index in [-0.39, 0.29) is 28.8 Å². The van der Waals surface area contributed by atoms with E-state index in [2.05, 4.69) is 20.2 Å². The van der Waals surface area contributed by atoms with Gasteiger partial charge in [-0.25, -0.2) is 14.4 Å². The summed E-state index contributed by atoms with van der Waals surface area (Å²) in [5, 5.41) is 3.66. The molecule has 184 valence electrons. The first-order valence-electron chi connectivity index (χ1n) is 11.6. The van der Waals surface area contributed by atoms with E-state index in [4.69, 9.17) is 21.1 Å². The summed E-state index contributed by atoms with van der Waals surface area (Å²) in [7, 11) is 3.52. The topological polar surface area (TPSA) is 79.8 Å².